The number of halogens is 2. The number of rotatable bonds is 13. The van der Waals surface area contributed by atoms with Crippen molar-refractivity contribution in [3.63, 3.8) is 0 Å². The molecule has 2 aromatic heterocycles. The first-order valence-corrected chi connectivity index (χ1v) is 14.0. The maximum atomic E-state index is 9.04. The molecule has 0 bridgehead atoms. The quantitative estimate of drug-likeness (QED) is 0.152. The maximum Gasteiger partial charge on any atom is 0.218 e. The van der Waals surface area contributed by atoms with Gasteiger partial charge in [-0.25, -0.2) is 9.97 Å². The molecule has 210 valence electrons. The first kappa shape index (κ1) is 29.9. The van der Waals surface area contributed by atoms with Gasteiger partial charge in [0.2, 0.25) is 11.8 Å². The molecule has 2 aromatic carbocycles. The number of hydrogen-bond acceptors (Lipinski definition) is 8. The van der Waals surface area contributed by atoms with Crippen molar-refractivity contribution in [1.82, 2.24) is 20.6 Å². The SMILES string of the molecule is COc1nc(-c2cccc(-c3cccc(-c4ccc(CNCCO)c(OC)n4)c3Br)c2Cl)ccc1CNCCO. The second-order valence-corrected chi connectivity index (χ2v) is 10.0. The number of aromatic nitrogens is 2. The molecule has 0 amide bonds. The predicted octanol–water partition coefficient (Wildman–Crippen LogP) is 5.07. The van der Waals surface area contributed by atoms with Crippen LogP contribution in [0.25, 0.3) is 33.6 Å². The standard InChI is InChI=1S/C30H32BrClN4O4/c1-39-29-19(17-33-13-15-37)9-11-25(35-29)23-7-3-5-21(27(23)31)22-6-4-8-24(28(22)32)26-12-10-20(18-34-14-16-38)30(36-26)40-2/h3-12,33-34,37-38H,13-18H2,1-2H3. The number of ether oxygens (including phenoxy) is 2. The molecule has 40 heavy (non-hydrogen) atoms. The van der Waals surface area contributed by atoms with Crippen LogP contribution in [0.4, 0.5) is 0 Å². The van der Waals surface area contributed by atoms with Gasteiger partial charge in [0.25, 0.3) is 0 Å². The summed E-state index contributed by atoms with van der Waals surface area (Å²) in [5.41, 5.74) is 6.67. The normalized spacial score (nSPS) is 11.1. The Morgan fingerprint density at radius 2 is 1.18 bits per heavy atom. The second kappa shape index (κ2) is 14.5. The third-order valence-corrected chi connectivity index (χ3v) is 7.57. The number of pyridine rings is 2. The fraction of sp³-hybridized carbons (Fsp3) is 0.267. The van der Waals surface area contributed by atoms with Gasteiger partial charge in [0.05, 0.1) is 43.8 Å². The molecule has 2 heterocycles. The minimum atomic E-state index is 0.0603. The fourth-order valence-electron chi connectivity index (χ4n) is 4.34. The molecule has 10 heteroatoms. The lowest BCUT2D eigenvalue weighted by atomic mass is 9.98. The second-order valence-electron chi connectivity index (χ2n) is 8.86. The van der Waals surface area contributed by atoms with E-state index in [2.05, 4.69) is 26.6 Å². The molecule has 4 aromatic rings. The number of hydrogen-bond donors (Lipinski definition) is 4. The third-order valence-electron chi connectivity index (χ3n) is 6.31. The van der Waals surface area contributed by atoms with Crippen LogP contribution in [0, 0.1) is 0 Å². The van der Waals surface area contributed by atoms with Gasteiger partial charge in [0, 0.05) is 58.5 Å². The lowest BCUT2D eigenvalue weighted by molar-refractivity contribution is 0.291. The summed E-state index contributed by atoms with van der Waals surface area (Å²) >= 11 is 10.8. The van der Waals surface area contributed by atoms with Gasteiger partial charge >= 0.3 is 0 Å². The Balaban J connectivity index is 1.69. The van der Waals surface area contributed by atoms with E-state index in [9.17, 15) is 0 Å². The van der Waals surface area contributed by atoms with Crippen LogP contribution in [-0.4, -0.2) is 60.7 Å². The van der Waals surface area contributed by atoms with Crippen molar-refractivity contribution in [3.8, 4) is 45.4 Å². The lowest BCUT2D eigenvalue weighted by Gasteiger charge is -2.16. The van der Waals surface area contributed by atoms with Gasteiger partial charge in [0.1, 0.15) is 0 Å². The highest BCUT2D eigenvalue weighted by Crippen LogP contribution is 2.42. The number of aliphatic hydroxyl groups is 2. The molecule has 0 unspecified atom stereocenters. The highest BCUT2D eigenvalue weighted by Gasteiger charge is 2.18. The van der Waals surface area contributed by atoms with Gasteiger partial charge in [-0.3, -0.25) is 0 Å². The summed E-state index contributed by atoms with van der Waals surface area (Å²) < 4.78 is 11.9. The van der Waals surface area contributed by atoms with Gasteiger partial charge in [0.15, 0.2) is 0 Å². The van der Waals surface area contributed by atoms with Crippen LogP contribution < -0.4 is 20.1 Å². The van der Waals surface area contributed by atoms with Crippen molar-refractivity contribution >= 4 is 27.5 Å². The topological polar surface area (TPSA) is 109 Å². The number of nitrogens with zero attached hydrogens (tertiary/aromatic N) is 2. The van der Waals surface area contributed by atoms with Gasteiger partial charge in [-0.05, 0) is 33.6 Å². The van der Waals surface area contributed by atoms with E-state index in [1.165, 1.54) is 0 Å². The van der Waals surface area contributed by atoms with E-state index < -0.39 is 0 Å². The van der Waals surface area contributed by atoms with Gasteiger partial charge < -0.3 is 30.3 Å². The van der Waals surface area contributed by atoms with Gasteiger partial charge in [-0.15, -0.1) is 0 Å². The molecule has 0 saturated heterocycles. The summed E-state index contributed by atoms with van der Waals surface area (Å²) in [6, 6.07) is 19.6. The zero-order chi connectivity index (χ0) is 28.5. The minimum absolute atomic E-state index is 0.0603. The first-order valence-electron chi connectivity index (χ1n) is 12.8. The zero-order valence-corrected chi connectivity index (χ0v) is 24.7. The van der Waals surface area contributed by atoms with Crippen molar-refractivity contribution < 1.29 is 19.7 Å². The highest BCUT2D eigenvalue weighted by molar-refractivity contribution is 9.10. The van der Waals surface area contributed by atoms with E-state index in [1.54, 1.807) is 14.2 Å². The summed E-state index contributed by atoms with van der Waals surface area (Å²) in [5, 5.41) is 25.0. The number of aliphatic hydroxyl groups excluding tert-OH is 2. The van der Waals surface area contributed by atoms with E-state index in [0.717, 1.165) is 43.5 Å². The monoisotopic (exact) mass is 626 g/mol. The molecule has 0 fully saturated rings. The Morgan fingerprint density at radius 1 is 0.700 bits per heavy atom. The lowest BCUT2D eigenvalue weighted by Crippen LogP contribution is -2.18. The molecule has 0 aliphatic carbocycles. The Morgan fingerprint density at radius 3 is 1.70 bits per heavy atom. The van der Waals surface area contributed by atoms with Crippen LogP contribution >= 0.6 is 27.5 Å². The first-order chi connectivity index (χ1) is 19.5. The van der Waals surface area contributed by atoms with Crippen LogP contribution in [0.2, 0.25) is 5.02 Å². The summed E-state index contributed by atoms with van der Waals surface area (Å²) in [4.78, 5) is 9.46. The van der Waals surface area contributed by atoms with E-state index in [4.69, 9.17) is 41.3 Å². The molecule has 0 aliphatic heterocycles. The summed E-state index contributed by atoms with van der Waals surface area (Å²) in [6.45, 7) is 2.18. The van der Waals surface area contributed by atoms with Crippen LogP contribution in [0.5, 0.6) is 11.8 Å². The number of benzene rings is 2. The van der Waals surface area contributed by atoms with Crippen LogP contribution in [0.15, 0.2) is 65.1 Å². The predicted molar refractivity (Wildman–Crippen MR) is 162 cm³/mol. The number of methoxy groups -OCH3 is 2. The Hall–Kier alpha value is -3.05. The zero-order valence-electron chi connectivity index (χ0n) is 22.4. The van der Waals surface area contributed by atoms with Crippen LogP contribution in [0.1, 0.15) is 11.1 Å². The van der Waals surface area contributed by atoms with E-state index in [-0.39, 0.29) is 13.2 Å². The van der Waals surface area contributed by atoms with Crippen molar-refractivity contribution in [1.29, 1.82) is 0 Å². The largest absolute Gasteiger partial charge is 0.481 e. The molecule has 0 aliphatic rings. The minimum Gasteiger partial charge on any atom is -0.481 e. The number of nitrogens with one attached hydrogen (secondary N) is 2. The summed E-state index contributed by atoms with van der Waals surface area (Å²) in [6.07, 6.45) is 0. The van der Waals surface area contributed by atoms with E-state index >= 15 is 0 Å². The molecular weight excluding hydrogens is 596 g/mol. The van der Waals surface area contributed by atoms with E-state index in [0.29, 0.717) is 48.7 Å². The van der Waals surface area contributed by atoms with Crippen molar-refractivity contribution in [2.24, 2.45) is 0 Å². The van der Waals surface area contributed by atoms with Gasteiger partial charge in [-0.2, -0.15) is 0 Å². The average Bonchev–Trinajstić information content (AvgIpc) is 2.98. The van der Waals surface area contributed by atoms with Crippen molar-refractivity contribution in [3.05, 3.63) is 81.3 Å². The van der Waals surface area contributed by atoms with Crippen LogP contribution in [0.3, 0.4) is 0 Å². The molecule has 0 radical (unpaired) electrons. The smallest absolute Gasteiger partial charge is 0.218 e. The molecule has 4 rings (SSSR count). The average molecular weight is 628 g/mol. The van der Waals surface area contributed by atoms with E-state index in [1.807, 2.05) is 60.7 Å². The van der Waals surface area contributed by atoms with Crippen molar-refractivity contribution in [2.45, 2.75) is 13.1 Å². The molecule has 0 atom stereocenters. The Labute approximate surface area is 247 Å². The molecule has 0 spiro atoms. The molecule has 0 saturated carbocycles. The Bertz CT molecular complexity index is 1340. The maximum absolute atomic E-state index is 9.04. The Kier molecular flexibility index (Phi) is 10.9. The third kappa shape index (κ3) is 6.80. The fourth-order valence-corrected chi connectivity index (χ4v) is 5.35. The molecule has 8 nitrogen and oxygen atoms in total. The van der Waals surface area contributed by atoms with Crippen LogP contribution in [-0.2, 0) is 13.1 Å². The molecule has 4 N–H and O–H groups in total. The molecular formula is C30H32BrClN4O4. The van der Waals surface area contributed by atoms with Gasteiger partial charge in [-0.1, -0.05) is 60.1 Å². The highest BCUT2D eigenvalue weighted by atomic mass is 79.9. The summed E-state index contributed by atoms with van der Waals surface area (Å²) in [5.74, 6) is 1.03. The van der Waals surface area contributed by atoms with Crippen molar-refractivity contribution in [2.75, 3.05) is 40.5 Å². The summed E-state index contributed by atoms with van der Waals surface area (Å²) in [7, 11) is 3.18.